The first-order valence-electron chi connectivity index (χ1n) is 10.5. The molecule has 9 heteroatoms. The molecule has 0 spiro atoms. The number of rotatable bonds is 5. The highest BCUT2D eigenvalue weighted by Gasteiger charge is 2.37. The van der Waals surface area contributed by atoms with E-state index in [4.69, 9.17) is 0 Å². The minimum Gasteiger partial charge on any atom is -0.339 e. The second kappa shape index (κ2) is 8.86. The summed E-state index contributed by atoms with van der Waals surface area (Å²) in [4.78, 5) is 14.7. The van der Waals surface area contributed by atoms with Crippen molar-refractivity contribution < 1.29 is 26.4 Å². The summed E-state index contributed by atoms with van der Waals surface area (Å²) in [6.45, 7) is 5.05. The molecule has 1 N–H and O–H groups in total. The first-order chi connectivity index (χ1) is 14.0. The number of alkyl halides is 3. The van der Waals surface area contributed by atoms with Gasteiger partial charge in [-0.25, -0.2) is 13.1 Å². The van der Waals surface area contributed by atoms with Crippen LogP contribution in [-0.2, 0) is 21.0 Å². The van der Waals surface area contributed by atoms with Crippen LogP contribution in [0.4, 0.5) is 13.2 Å². The van der Waals surface area contributed by atoms with E-state index in [0.29, 0.717) is 31.6 Å². The van der Waals surface area contributed by atoms with E-state index in [1.165, 1.54) is 0 Å². The van der Waals surface area contributed by atoms with Crippen LogP contribution in [0.1, 0.15) is 57.9 Å². The maximum Gasteiger partial charge on any atom is 0.416 e. The maximum absolute atomic E-state index is 12.9. The highest BCUT2D eigenvalue weighted by atomic mass is 32.2. The molecular formula is C21H29F3N2O3S. The largest absolute Gasteiger partial charge is 0.416 e. The lowest BCUT2D eigenvalue weighted by atomic mass is 9.85. The fraction of sp³-hybridized carbons (Fsp3) is 0.667. The summed E-state index contributed by atoms with van der Waals surface area (Å²) in [6, 6.07) is 3.45. The topological polar surface area (TPSA) is 66.5 Å². The van der Waals surface area contributed by atoms with Crippen LogP contribution in [0.15, 0.2) is 29.2 Å². The Balaban J connectivity index is 1.57. The summed E-state index contributed by atoms with van der Waals surface area (Å²) >= 11 is 0. The number of hydrogen-bond acceptors (Lipinski definition) is 3. The normalized spacial score (nSPS) is 25.7. The highest BCUT2D eigenvalue weighted by molar-refractivity contribution is 7.89. The van der Waals surface area contributed by atoms with Crippen molar-refractivity contribution >= 4 is 15.9 Å². The van der Waals surface area contributed by atoms with E-state index >= 15 is 0 Å². The fourth-order valence-electron chi connectivity index (χ4n) is 4.56. The predicted molar refractivity (Wildman–Crippen MR) is 107 cm³/mol. The van der Waals surface area contributed by atoms with Gasteiger partial charge in [0.2, 0.25) is 15.9 Å². The van der Waals surface area contributed by atoms with E-state index < -0.39 is 21.8 Å². The summed E-state index contributed by atoms with van der Waals surface area (Å²) in [5.74, 6) is 0.509. The molecule has 1 aliphatic carbocycles. The average molecular weight is 447 g/mol. The number of sulfonamides is 1. The van der Waals surface area contributed by atoms with E-state index in [2.05, 4.69) is 18.6 Å². The zero-order chi connectivity index (χ0) is 22.1. The van der Waals surface area contributed by atoms with Crippen LogP contribution in [-0.4, -0.2) is 37.9 Å². The van der Waals surface area contributed by atoms with Crippen molar-refractivity contribution in [1.82, 2.24) is 9.62 Å². The third-order valence-electron chi connectivity index (χ3n) is 6.24. The number of carbonyl (C=O) groups excluding carboxylic acids is 1. The first kappa shape index (κ1) is 23.1. The Morgan fingerprint density at radius 2 is 1.67 bits per heavy atom. The number of benzene rings is 1. The Morgan fingerprint density at radius 1 is 1.07 bits per heavy atom. The summed E-state index contributed by atoms with van der Waals surface area (Å²) < 4.78 is 65.7. The minimum atomic E-state index is -4.51. The zero-order valence-electron chi connectivity index (χ0n) is 17.3. The van der Waals surface area contributed by atoms with E-state index in [1.807, 2.05) is 4.90 Å². The van der Waals surface area contributed by atoms with Crippen molar-refractivity contribution in [1.29, 1.82) is 0 Å². The number of hydrogen-bond donors (Lipinski definition) is 1. The van der Waals surface area contributed by atoms with Crippen LogP contribution in [0.25, 0.3) is 0 Å². The minimum absolute atomic E-state index is 0.0869. The molecule has 30 heavy (non-hydrogen) atoms. The second-order valence-electron chi connectivity index (χ2n) is 8.68. The average Bonchev–Trinajstić information content (AvgIpc) is 3.17. The van der Waals surface area contributed by atoms with Crippen LogP contribution in [0, 0.1) is 11.8 Å². The number of nitrogens with zero attached hydrogens (tertiary/aromatic N) is 1. The molecule has 1 unspecified atom stereocenters. The molecule has 1 saturated carbocycles. The van der Waals surface area contributed by atoms with E-state index in [9.17, 15) is 26.4 Å². The summed E-state index contributed by atoms with van der Waals surface area (Å²) in [5, 5.41) is 0. The molecule has 1 aromatic rings. The number of likely N-dealkylation sites (tertiary alicyclic amines) is 1. The molecule has 2 aliphatic rings. The van der Waals surface area contributed by atoms with Crippen molar-refractivity contribution in [2.75, 3.05) is 6.54 Å². The Morgan fingerprint density at radius 3 is 2.20 bits per heavy atom. The lowest BCUT2D eigenvalue weighted by Gasteiger charge is -2.34. The van der Waals surface area contributed by atoms with Crippen molar-refractivity contribution in [3.63, 3.8) is 0 Å². The van der Waals surface area contributed by atoms with Gasteiger partial charge in [0.25, 0.3) is 0 Å². The van der Waals surface area contributed by atoms with E-state index in [0.717, 1.165) is 43.7 Å². The number of carbonyl (C=O) groups is 1. The molecule has 1 heterocycles. The highest BCUT2D eigenvalue weighted by Crippen LogP contribution is 2.32. The Hall–Kier alpha value is -1.61. The van der Waals surface area contributed by atoms with Gasteiger partial charge in [0.15, 0.2) is 0 Å². The zero-order valence-corrected chi connectivity index (χ0v) is 18.1. The van der Waals surface area contributed by atoms with Gasteiger partial charge >= 0.3 is 6.18 Å². The summed E-state index contributed by atoms with van der Waals surface area (Å²) in [7, 11) is -3.91. The van der Waals surface area contributed by atoms with Crippen molar-refractivity contribution in [2.45, 2.75) is 75.5 Å². The first-order valence-corrected chi connectivity index (χ1v) is 12.0. The molecule has 0 radical (unpaired) electrons. The molecule has 3 rings (SSSR count). The van der Waals surface area contributed by atoms with Crippen LogP contribution in [0.5, 0.6) is 0 Å². The van der Waals surface area contributed by atoms with Gasteiger partial charge < -0.3 is 4.90 Å². The molecule has 1 aliphatic heterocycles. The molecule has 1 atom stereocenters. The monoisotopic (exact) mass is 446 g/mol. The third kappa shape index (κ3) is 5.17. The van der Waals surface area contributed by atoms with Gasteiger partial charge in [-0.05, 0) is 68.7 Å². The quantitative estimate of drug-likeness (QED) is 0.738. The molecule has 5 nitrogen and oxygen atoms in total. The predicted octanol–water partition coefficient (Wildman–Crippen LogP) is 4.19. The molecule has 1 saturated heterocycles. The lowest BCUT2D eigenvalue weighted by molar-refractivity contribution is -0.138. The molecular weight excluding hydrogens is 417 g/mol. The molecule has 0 aromatic heterocycles. The Bertz CT molecular complexity index is 845. The number of halogens is 3. The third-order valence-corrected chi connectivity index (χ3v) is 7.78. The summed E-state index contributed by atoms with van der Waals surface area (Å²) in [5.41, 5.74) is -0.887. The lowest BCUT2D eigenvalue weighted by Crippen LogP contribution is -2.45. The van der Waals surface area contributed by atoms with Crippen molar-refractivity contribution in [3.8, 4) is 0 Å². The number of nitrogens with one attached hydrogen (secondary N) is 1. The van der Waals surface area contributed by atoms with Crippen LogP contribution < -0.4 is 4.72 Å². The van der Waals surface area contributed by atoms with Gasteiger partial charge in [0.05, 0.1) is 10.5 Å². The maximum atomic E-state index is 12.9. The van der Waals surface area contributed by atoms with Crippen LogP contribution in [0.2, 0.25) is 0 Å². The smallest absolute Gasteiger partial charge is 0.339 e. The van der Waals surface area contributed by atoms with Gasteiger partial charge in [-0.15, -0.1) is 0 Å². The Labute approximate surface area is 176 Å². The number of amides is 1. The van der Waals surface area contributed by atoms with Gasteiger partial charge in [-0.2, -0.15) is 13.2 Å². The molecule has 0 bridgehead atoms. The Kier molecular flexibility index (Phi) is 6.81. The molecule has 1 aromatic carbocycles. The van der Waals surface area contributed by atoms with Gasteiger partial charge in [-0.1, -0.05) is 13.8 Å². The molecule has 2 fully saturated rings. The summed E-state index contributed by atoms with van der Waals surface area (Å²) in [6.07, 6.45) is -0.152. The van der Waals surface area contributed by atoms with E-state index in [-0.39, 0.29) is 28.8 Å². The van der Waals surface area contributed by atoms with Crippen LogP contribution >= 0.6 is 0 Å². The van der Waals surface area contributed by atoms with Gasteiger partial charge in [0.1, 0.15) is 0 Å². The molecule has 168 valence electrons. The van der Waals surface area contributed by atoms with Crippen molar-refractivity contribution in [3.05, 3.63) is 29.8 Å². The molecule has 1 amide bonds. The standard InChI is InChI=1S/C21H29F3N2O3S/c1-14(2)19-4-3-13-26(19)20(27)15-5-9-17(10-6-15)25-30(28,29)18-11-7-16(8-12-18)21(22,23)24/h7-8,11-12,14-15,17,19,25H,3-6,9-10,13H2,1-2H3. The van der Waals surface area contributed by atoms with Gasteiger partial charge in [-0.3, -0.25) is 4.79 Å². The van der Waals surface area contributed by atoms with Crippen molar-refractivity contribution in [2.24, 2.45) is 11.8 Å². The SMILES string of the molecule is CC(C)C1CCCN1C(=O)C1CCC(NS(=O)(=O)c2ccc(C(F)(F)F)cc2)CC1. The second-order valence-corrected chi connectivity index (χ2v) is 10.4. The van der Waals surface area contributed by atoms with Crippen LogP contribution in [0.3, 0.4) is 0 Å². The fourth-order valence-corrected chi connectivity index (χ4v) is 5.87. The van der Waals surface area contributed by atoms with Gasteiger partial charge in [0, 0.05) is 24.5 Å². The van der Waals surface area contributed by atoms with E-state index in [1.54, 1.807) is 0 Å².